The number of rotatable bonds is 5. The summed E-state index contributed by atoms with van der Waals surface area (Å²) < 4.78 is 28.8. The molecular formula is C17H17Cl2F2NO2. The van der Waals surface area contributed by atoms with Crippen LogP contribution >= 0.6 is 24.0 Å². The standard InChI is InChI=1S/C17H16ClF2NO2.ClH/c1-21(2)14-8-4-6-12(10-14)16(23)17(19,20)15(22)11-5-3-7-13(18)9-11;/h3-10,15,22H,1-2H3;1H. The van der Waals surface area contributed by atoms with Crippen molar-refractivity contribution in [3.63, 3.8) is 0 Å². The molecule has 0 bridgehead atoms. The van der Waals surface area contributed by atoms with Gasteiger partial charge in [-0.25, -0.2) is 0 Å². The fourth-order valence-corrected chi connectivity index (χ4v) is 2.33. The van der Waals surface area contributed by atoms with E-state index in [2.05, 4.69) is 0 Å². The fraction of sp³-hybridized carbons (Fsp3) is 0.235. The maximum Gasteiger partial charge on any atom is 0.339 e. The molecule has 1 atom stereocenters. The molecule has 0 saturated heterocycles. The predicted octanol–water partition coefficient (Wildman–Crippen LogP) is 4.38. The Morgan fingerprint density at radius 3 is 2.38 bits per heavy atom. The highest BCUT2D eigenvalue weighted by Gasteiger charge is 2.47. The highest BCUT2D eigenvalue weighted by molar-refractivity contribution is 6.30. The third kappa shape index (κ3) is 4.23. The summed E-state index contributed by atoms with van der Waals surface area (Å²) in [6, 6.07) is 11.3. The molecule has 0 amide bonds. The number of Topliss-reactive ketones (excluding diaryl/α,β-unsaturated/α-hetero) is 1. The zero-order valence-corrected chi connectivity index (χ0v) is 14.6. The molecule has 130 valence electrons. The van der Waals surface area contributed by atoms with Gasteiger partial charge < -0.3 is 10.0 Å². The Morgan fingerprint density at radius 1 is 1.17 bits per heavy atom. The zero-order valence-electron chi connectivity index (χ0n) is 13.0. The molecule has 0 aliphatic rings. The number of hydrogen-bond donors (Lipinski definition) is 1. The van der Waals surface area contributed by atoms with Gasteiger partial charge >= 0.3 is 5.92 Å². The largest absolute Gasteiger partial charge is 0.382 e. The number of aliphatic hydroxyl groups is 1. The van der Waals surface area contributed by atoms with Gasteiger partial charge in [0.1, 0.15) is 0 Å². The normalized spacial score (nSPS) is 12.2. The molecule has 1 unspecified atom stereocenters. The molecule has 2 aromatic carbocycles. The molecule has 0 heterocycles. The summed E-state index contributed by atoms with van der Waals surface area (Å²) in [6.07, 6.45) is -2.27. The van der Waals surface area contributed by atoms with Crippen molar-refractivity contribution in [3.05, 3.63) is 64.7 Å². The molecule has 0 aliphatic heterocycles. The van der Waals surface area contributed by atoms with E-state index in [0.717, 1.165) is 0 Å². The summed E-state index contributed by atoms with van der Waals surface area (Å²) in [4.78, 5) is 13.9. The van der Waals surface area contributed by atoms with Gasteiger partial charge in [-0.2, -0.15) is 8.78 Å². The Balaban J connectivity index is 0.00000288. The third-order valence-corrected chi connectivity index (χ3v) is 3.67. The highest BCUT2D eigenvalue weighted by atomic mass is 35.5. The number of nitrogens with zero attached hydrogens (tertiary/aromatic N) is 1. The lowest BCUT2D eigenvalue weighted by Crippen LogP contribution is -2.36. The number of anilines is 1. The smallest absolute Gasteiger partial charge is 0.339 e. The van der Waals surface area contributed by atoms with Crippen molar-refractivity contribution in [2.45, 2.75) is 12.0 Å². The van der Waals surface area contributed by atoms with Gasteiger partial charge in [0.2, 0.25) is 5.78 Å². The molecule has 0 aromatic heterocycles. The number of alkyl halides is 2. The second-order valence-corrected chi connectivity index (χ2v) is 5.79. The van der Waals surface area contributed by atoms with Crippen molar-refractivity contribution < 1.29 is 18.7 Å². The zero-order chi connectivity index (χ0) is 17.2. The van der Waals surface area contributed by atoms with E-state index in [0.29, 0.717) is 5.69 Å². The minimum Gasteiger partial charge on any atom is -0.382 e. The lowest BCUT2D eigenvalue weighted by molar-refractivity contribution is -0.0792. The molecule has 0 saturated carbocycles. The summed E-state index contributed by atoms with van der Waals surface area (Å²) in [5.74, 6) is -5.40. The van der Waals surface area contributed by atoms with E-state index < -0.39 is 17.8 Å². The number of hydrogen-bond acceptors (Lipinski definition) is 3. The molecule has 2 rings (SSSR count). The molecule has 24 heavy (non-hydrogen) atoms. The topological polar surface area (TPSA) is 40.5 Å². The van der Waals surface area contributed by atoms with Crippen LogP contribution in [0.25, 0.3) is 0 Å². The Kier molecular flexibility index (Phi) is 6.72. The van der Waals surface area contributed by atoms with Gasteiger partial charge in [-0.3, -0.25) is 4.79 Å². The van der Waals surface area contributed by atoms with E-state index in [1.165, 1.54) is 42.5 Å². The van der Waals surface area contributed by atoms with Crippen LogP contribution in [0.3, 0.4) is 0 Å². The van der Waals surface area contributed by atoms with Gasteiger partial charge in [0, 0.05) is 30.4 Å². The van der Waals surface area contributed by atoms with Crippen molar-refractivity contribution >= 4 is 35.5 Å². The maximum absolute atomic E-state index is 14.4. The molecule has 7 heteroatoms. The lowest BCUT2D eigenvalue weighted by Gasteiger charge is -2.22. The molecule has 2 aromatic rings. The molecule has 0 spiro atoms. The minimum atomic E-state index is -3.96. The van der Waals surface area contributed by atoms with Crippen LogP contribution in [-0.2, 0) is 0 Å². The Labute approximate surface area is 150 Å². The number of ketones is 1. The van der Waals surface area contributed by atoms with E-state index in [9.17, 15) is 18.7 Å². The van der Waals surface area contributed by atoms with E-state index in [1.54, 1.807) is 25.1 Å². The second kappa shape index (κ2) is 7.92. The van der Waals surface area contributed by atoms with Gasteiger partial charge in [0.05, 0.1) is 0 Å². The molecule has 0 radical (unpaired) electrons. The number of carbonyl (C=O) groups is 1. The summed E-state index contributed by atoms with van der Waals surface area (Å²) in [7, 11) is 3.48. The molecule has 3 nitrogen and oxygen atoms in total. The fourth-order valence-electron chi connectivity index (χ4n) is 2.13. The summed E-state index contributed by atoms with van der Waals surface area (Å²) in [5.41, 5.74) is 0.339. The number of halogens is 4. The number of benzene rings is 2. The molecule has 0 fully saturated rings. The van der Waals surface area contributed by atoms with Crippen molar-refractivity contribution in [2.24, 2.45) is 0 Å². The predicted molar refractivity (Wildman–Crippen MR) is 93.7 cm³/mol. The highest BCUT2D eigenvalue weighted by Crippen LogP contribution is 2.35. The second-order valence-electron chi connectivity index (χ2n) is 5.35. The van der Waals surface area contributed by atoms with Crippen molar-refractivity contribution in [2.75, 3.05) is 19.0 Å². The quantitative estimate of drug-likeness (QED) is 0.788. The summed E-state index contributed by atoms with van der Waals surface area (Å²) in [6.45, 7) is 0. The van der Waals surface area contributed by atoms with Crippen LogP contribution in [0.1, 0.15) is 22.0 Å². The average Bonchev–Trinajstić information content (AvgIpc) is 2.53. The van der Waals surface area contributed by atoms with Crippen molar-refractivity contribution in [3.8, 4) is 0 Å². The molecular weight excluding hydrogens is 359 g/mol. The third-order valence-electron chi connectivity index (χ3n) is 3.44. The maximum atomic E-state index is 14.4. The van der Waals surface area contributed by atoms with Gasteiger partial charge in [0.15, 0.2) is 6.10 Å². The van der Waals surface area contributed by atoms with E-state index in [-0.39, 0.29) is 28.6 Å². The van der Waals surface area contributed by atoms with Crippen molar-refractivity contribution in [1.29, 1.82) is 0 Å². The van der Waals surface area contributed by atoms with Crippen LogP contribution in [0.15, 0.2) is 48.5 Å². The lowest BCUT2D eigenvalue weighted by atomic mass is 9.96. The minimum absolute atomic E-state index is 0. The monoisotopic (exact) mass is 375 g/mol. The van der Waals surface area contributed by atoms with Crippen LogP contribution in [-0.4, -0.2) is 30.9 Å². The van der Waals surface area contributed by atoms with Crippen LogP contribution in [0.5, 0.6) is 0 Å². The van der Waals surface area contributed by atoms with E-state index in [1.807, 2.05) is 0 Å². The van der Waals surface area contributed by atoms with E-state index >= 15 is 0 Å². The van der Waals surface area contributed by atoms with Gasteiger partial charge in [-0.15, -0.1) is 12.4 Å². The Hall–Kier alpha value is -1.69. The van der Waals surface area contributed by atoms with Crippen LogP contribution < -0.4 is 4.90 Å². The van der Waals surface area contributed by atoms with Gasteiger partial charge in [0.25, 0.3) is 0 Å². The number of aliphatic hydroxyl groups excluding tert-OH is 1. The van der Waals surface area contributed by atoms with Crippen LogP contribution in [0.2, 0.25) is 5.02 Å². The summed E-state index contributed by atoms with van der Waals surface area (Å²) in [5, 5.41) is 10.2. The first-order valence-electron chi connectivity index (χ1n) is 6.87. The van der Waals surface area contributed by atoms with Gasteiger partial charge in [-0.05, 0) is 29.8 Å². The van der Waals surface area contributed by atoms with Crippen LogP contribution in [0.4, 0.5) is 14.5 Å². The first kappa shape index (κ1) is 20.4. The molecule has 1 N–H and O–H groups in total. The Bertz CT molecular complexity index is 723. The Morgan fingerprint density at radius 2 is 1.79 bits per heavy atom. The summed E-state index contributed by atoms with van der Waals surface area (Å²) >= 11 is 5.74. The van der Waals surface area contributed by atoms with Gasteiger partial charge in [-0.1, -0.05) is 35.9 Å². The average molecular weight is 376 g/mol. The first-order chi connectivity index (χ1) is 10.7. The van der Waals surface area contributed by atoms with Crippen molar-refractivity contribution in [1.82, 2.24) is 0 Å². The van der Waals surface area contributed by atoms with E-state index in [4.69, 9.17) is 11.6 Å². The van der Waals surface area contributed by atoms with Crippen LogP contribution in [0, 0.1) is 0 Å². The first-order valence-corrected chi connectivity index (χ1v) is 7.25. The molecule has 0 aliphatic carbocycles. The SMILES string of the molecule is CN(C)c1cccc(C(=O)C(F)(F)C(O)c2cccc(Cl)c2)c1.Cl. The number of carbonyl (C=O) groups excluding carboxylic acids is 1.